The van der Waals surface area contributed by atoms with Crippen molar-refractivity contribution in [1.29, 1.82) is 0 Å². The minimum absolute atomic E-state index is 0.0212. The number of ketones is 1. The van der Waals surface area contributed by atoms with E-state index in [1.165, 1.54) is 0 Å². The number of hydrogen-bond acceptors (Lipinski definition) is 2. The van der Waals surface area contributed by atoms with Crippen LogP contribution in [-0.4, -0.2) is 5.78 Å². The standard InChI is InChI=1S/C20H14O2/c1-13(21)19-17-10-4-5-12-18(17)22-20(19)16-11-6-8-14-7-2-3-9-15(14)16/h2-12H,1H3. The quantitative estimate of drug-likeness (QED) is 0.458. The zero-order valence-corrected chi connectivity index (χ0v) is 12.2. The number of fused-ring (bicyclic) bond motifs is 2. The van der Waals surface area contributed by atoms with Crippen LogP contribution in [0.1, 0.15) is 17.3 Å². The van der Waals surface area contributed by atoms with Gasteiger partial charge in [0.05, 0.1) is 5.56 Å². The zero-order valence-electron chi connectivity index (χ0n) is 12.2. The Hall–Kier alpha value is -2.87. The molecular weight excluding hydrogens is 272 g/mol. The van der Waals surface area contributed by atoms with E-state index in [4.69, 9.17) is 4.42 Å². The molecule has 106 valence electrons. The third kappa shape index (κ3) is 1.85. The molecule has 0 aliphatic carbocycles. The van der Waals surface area contributed by atoms with E-state index in [9.17, 15) is 4.79 Å². The van der Waals surface area contributed by atoms with Crippen LogP contribution in [0.5, 0.6) is 0 Å². The predicted octanol–water partition coefficient (Wildman–Crippen LogP) is 5.46. The van der Waals surface area contributed by atoms with E-state index in [2.05, 4.69) is 18.2 Å². The van der Waals surface area contributed by atoms with Gasteiger partial charge in [0.25, 0.3) is 0 Å². The SMILES string of the molecule is CC(=O)c1c(-c2cccc3ccccc23)oc2ccccc12. The highest BCUT2D eigenvalue weighted by Crippen LogP contribution is 2.37. The molecule has 0 amide bonds. The van der Waals surface area contributed by atoms with E-state index < -0.39 is 0 Å². The lowest BCUT2D eigenvalue weighted by Gasteiger charge is -2.05. The highest BCUT2D eigenvalue weighted by molar-refractivity contribution is 6.13. The Kier molecular flexibility index (Phi) is 2.83. The van der Waals surface area contributed by atoms with Crippen LogP contribution < -0.4 is 0 Å². The van der Waals surface area contributed by atoms with Crippen molar-refractivity contribution >= 4 is 27.5 Å². The zero-order chi connectivity index (χ0) is 15.1. The molecule has 0 saturated heterocycles. The van der Waals surface area contributed by atoms with Gasteiger partial charge in [-0.1, -0.05) is 60.7 Å². The Morgan fingerprint density at radius 2 is 1.50 bits per heavy atom. The first-order valence-corrected chi connectivity index (χ1v) is 7.26. The third-order valence-corrected chi connectivity index (χ3v) is 3.98. The summed E-state index contributed by atoms with van der Waals surface area (Å²) < 4.78 is 6.03. The van der Waals surface area contributed by atoms with E-state index in [0.717, 1.165) is 27.3 Å². The number of hydrogen-bond donors (Lipinski definition) is 0. The maximum atomic E-state index is 12.2. The Labute approximate surface area is 128 Å². The summed E-state index contributed by atoms with van der Waals surface area (Å²) in [6, 6.07) is 21.9. The first-order valence-electron chi connectivity index (χ1n) is 7.26. The minimum Gasteiger partial charge on any atom is -0.455 e. The van der Waals surface area contributed by atoms with Gasteiger partial charge in [-0.05, 0) is 23.8 Å². The smallest absolute Gasteiger partial charge is 0.164 e. The van der Waals surface area contributed by atoms with Crippen LogP contribution in [0.15, 0.2) is 71.1 Å². The Morgan fingerprint density at radius 3 is 2.32 bits per heavy atom. The molecule has 0 bridgehead atoms. The van der Waals surface area contributed by atoms with Crippen LogP contribution in [0.25, 0.3) is 33.1 Å². The molecule has 2 heteroatoms. The average molecular weight is 286 g/mol. The molecule has 0 spiro atoms. The Morgan fingerprint density at radius 1 is 0.818 bits per heavy atom. The van der Waals surface area contributed by atoms with Crippen molar-refractivity contribution in [2.45, 2.75) is 6.92 Å². The molecule has 0 N–H and O–H groups in total. The number of carbonyl (C=O) groups is 1. The first kappa shape index (κ1) is 12.8. The van der Waals surface area contributed by atoms with Crippen LogP contribution in [0.3, 0.4) is 0 Å². The lowest BCUT2D eigenvalue weighted by atomic mass is 9.98. The fourth-order valence-corrected chi connectivity index (χ4v) is 3.01. The second kappa shape index (κ2) is 4.85. The predicted molar refractivity (Wildman–Crippen MR) is 89.2 cm³/mol. The summed E-state index contributed by atoms with van der Waals surface area (Å²) in [5.41, 5.74) is 2.36. The van der Waals surface area contributed by atoms with Gasteiger partial charge in [-0.15, -0.1) is 0 Å². The Bertz CT molecular complexity index is 1000. The normalized spacial score (nSPS) is 11.1. The van der Waals surface area contributed by atoms with Crippen LogP contribution in [0, 0.1) is 0 Å². The van der Waals surface area contributed by atoms with E-state index in [1.54, 1.807) is 6.92 Å². The van der Waals surface area contributed by atoms with Crippen LogP contribution in [-0.2, 0) is 0 Å². The van der Waals surface area contributed by atoms with Gasteiger partial charge in [-0.2, -0.15) is 0 Å². The van der Waals surface area contributed by atoms with Gasteiger partial charge in [0.1, 0.15) is 11.3 Å². The maximum Gasteiger partial charge on any atom is 0.164 e. The topological polar surface area (TPSA) is 30.2 Å². The van der Waals surface area contributed by atoms with Crippen molar-refractivity contribution in [1.82, 2.24) is 0 Å². The van der Waals surface area contributed by atoms with Gasteiger partial charge < -0.3 is 4.42 Å². The van der Waals surface area contributed by atoms with Gasteiger partial charge in [0.2, 0.25) is 0 Å². The van der Waals surface area contributed by atoms with Crippen LogP contribution >= 0.6 is 0 Å². The molecule has 0 aliphatic rings. The second-order valence-corrected chi connectivity index (χ2v) is 5.39. The monoisotopic (exact) mass is 286 g/mol. The first-order chi connectivity index (χ1) is 10.8. The molecule has 0 radical (unpaired) electrons. The number of furan rings is 1. The molecule has 0 unspecified atom stereocenters. The molecule has 1 aromatic heterocycles. The summed E-state index contributed by atoms with van der Waals surface area (Å²) in [7, 11) is 0. The molecule has 4 aromatic rings. The highest BCUT2D eigenvalue weighted by atomic mass is 16.3. The van der Waals surface area contributed by atoms with Crippen molar-refractivity contribution in [3.8, 4) is 11.3 Å². The summed E-state index contributed by atoms with van der Waals surface area (Å²) in [4.78, 5) is 12.2. The maximum absolute atomic E-state index is 12.2. The van der Waals surface area contributed by atoms with Gasteiger partial charge in [-0.3, -0.25) is 4.79 Å². The van der Waals surface area contributed by atoms with Crippen molar-refractivity contribution in [3.05, 3.63) is 72.3 Å². The van der Waals surface area contributed by atoms with Gasteiger partial charge in [-0.25, -0.2) is 0 Å². The fraction of sp³-hybridized carbons (Fsp3) is 0.0500. The fourth-order valence-electron chi connectivity index (χ4n) is 3.01. The van der Waals surface area contributed by atoms with Gasteiger partial charge >= 0.3 is 0 Å². The van der Waals surface area contributed by atoms with Crippen molar-refractivity contribution in [3.63, 3.8) is 0 Å². The number of carbonyl (C=O) groups excluding carboxylic acids is 1. The van der Waals surface area contributed by atoms with E-state index >= 15 is 0 Å². The lowest BCUT2D eigenvalue weighted by molar-refractivity contribution is 0.101. The number of benzene rings is 3. The molecule has 1 heterocycles. The average Bonchev–Trinajstić information content (AvgIpc) is 2.93. The molecule has 0 aliphatic heterocycles. The summed E-state index contributed by atoms with van der Waals surface area (Å²) in [5.74, 6) is 0.679. The summed E-state index contributed by atoms with van der Waals surface area (Å²) in [6.45, 7) is 1.59. The molecule has 0 saturated carbocycles. The van der Waals surface area contributed by atoms with Crippen molar-refractivity contribution in [2.24, 2.45) is 0 Å². The number of rotatable bonds is 2. The number of Topliss-reactive ketones (excluding diaryl/α,β-unsaturated/α-hetero) is 1. The summed E-state index contributed by atoms with van der Waals surface area (Å²) in [6.07, 6.45) is 0. The number of para-hydroxylation sites is 1. The summed E-state index contributed by atoms with van der Waals surface area (Å²) in [5, 5.41) is 3.10. The van der Waals surface area contributed by atoms with E-state index in [-0.39, 0.29) is 5.78 Å². The highest BCUT2D eigenvalue weighted by Gasteiger charge is 2.20. The van der Waals surface area contributed by atoms with Crippen LogP contribution in [0.4, 0.5) is 0 Å². The second-order valence-electron chi connectivity index (χ2n) is 5.39. The Balaban J connectivity index is 2.13. The van der Waals surface area contributed by atoms with Crippen molar-refractivity contribution < 1.29 is 9.21 Å². The minimum atomic E-state index is 0.0212. The van der Waals surface area contributed by atoms with E-state index in [1.807, 2.05) is 48.5 Å². The molecule has 4 rings (SSSR count). The molecule has 3 aromatic carbocycles. The van der Waals surface area contributed by atoms with Crippen LogP contribution in [0.2, 0.25) is 0 Å². The third-order valence-electron chi connectivity index (χ3n) is 3.98. The molecule has 0 atom stereocenters. The van der Waals surface area contributed by atoms with Gasteiger partial charge in [0.15, 0.2) is 5.78 Å². The van der Waals surface area contributed by atoms with Gasteiger partial charge in [0, 0.05) is 10.9 Å². The lowest BCUT2D eigenvalue weighted by Crippen LogP contribution is -1.93. The molecule has 2 nitrogen and oxygen atoms in total. The largest absolute Gasteiger partial charge is 0.455 e. The molecule has 0 fully saturated rings. The summed E-state index contributed by atoms with van der Waals surface area (Å²) >= 11 is 0. The molecular formula is C20H14O2. The molecule has 22 heavy (non-hydrogen) atoms. The van der Waals surface area contributed by atoms with E-state index in [0.29, 0.717) is 11.3 Å². The van der Waals surface area contributed by atoms with Crippen molar-refractivity contribution in [2.75, 3.05) is 0 Å².